The molecule has 7 nitrogen and oxygen atoms in total. The summed E-state index contributed by atoms with van der Waals surface area (Å²) in [7, 11) is 0. The maximum Gasteiger partial charge on any atom is 0.233 e. The van der Waals surface area contributed by atoms with Crippen LogP contribution in [-0.2, 0) is 4.79 Å². The van der Waals surface area contributed by atoms with E-state index in [2.05, 4.69) is 31.7 Å². The number of nitrogens with zero attached hydrogens (tertiary/aromatic N) is 3. The molecule has 97 valence electrons. The number of rotatable bonds is 3. The van der Waals surface area contributed by atoms with Crippen LogP contribution in [0.5, 0.6) is 0 Å². The number of nitrogens with two attached hydrogens (primary N) is 1. The zero-order valence-electron chi connectivity index (χ0n) is 9.94. The first-order valence-corrected chi connectivity index (χ1v) is 5.64. The van der Waals surface area contributed by atoms with E-state index in [9.17, 15) is 4.79 Å². The minimum atomic E-state index is -0.180. The van der Waals surface area contributed by atoms with Gasteiger partial charge >= 0.3 is 0 Å². The average Bonchev–Trinajstić information content (AvgIpc) is 2.26. The van der Waals surface area contributed by atoms with Crippen molar-refractivity contribution in [2.24, 2.45) is 0 Å². The number of aromatic nitrogens is 3. The molecule has 1 aromatic carbocycles. The van der Waals surface area contributed by atoms with Crippen LogP contribution >= 0.6 is 11.6 Å². The Morgan fingerprint density at radius 2 is 2.21 bits per heavy atom. The highest BCUT2D eigenvalue weighted by Gasteiger charge is 2.04. The van der Waals surface area contributed by atoms with Gasteiger partial charge in [0.05, 0.1) is 5.69 Å². The number of carbonyl (C=O) groups excluding carboxylic acids is 1. The third-order valence-corrected chi connectivity index (χ3v) is 2.16. The molecule has 0 aliphatic carbocycles. The van der Waals surface area contributed by atoms with E-state index in [1.54, 1.807) is 18.2 Å². The van der Waals surface area contributed by atoms with Gasteiger partial charge < -0.3 is 16.4 Å². The van der Waals surface area contributed by atoms with Gasteiger partial charge in [0.15, 0.2) is 0 Å². The molecule has 1 aromatic heterocycles. The molecule has 0 spiro atoms. The van der Waals surface area contributed by atoms with Crippen molar-refractivity contribution in [3.63, 3.8) is 0 Å². The van der Waals surface area contributed by atoms with Gasteiger partial charge in [0.25, 0.3) is 0 Å². The minimum Gasteiger partial charge on any atom is -0.368 e. The van der Waals surface area contributed by atoms with E-state index in [1.807, 2.05) is 0 Å². The third kappa shape index (κ3) is 3.78. The molecule has 8 heteroatoms. The summed E-state index contributed by atoms with van der Waals surface area (Å²) in [5.74, 6) is 0.0606. The molecule has 0 saturated carbocycles. The lowest BCUT2D eigenvalue weighted by Crippen LogP contribution is -2.06. The first-order chi connectivity index (χ1) is 9.02. The van der Waals surface area contributed by atoms with Crippen molar-refractivity contribution in [3.8, 4) is 0 Å². The van der Waals surface area contributed by atoms with Crippen LogP contribution in [0.1, 0.15) is 6.92 Å². The topological polar surface area (TPSA) is 106 Å². The van der Waals surface area contributed by atoms with Crippen molar-refractivity contribution < 1.29 is 4.79 Å². The minimum absolute atomic E-state index is 0.000391. The predicted octanol–water partition coefficient (Wildman–Crippen LogP) is 1.61. The largest absolute Gasteiger partial charge is 0.368 e. The highest BCUT2D eigenvalue weighted by molar-refractivity contribution is 6.28. The molecule has 1 heterocycles. The molecule has 0 aliphatic rings. The second-order valence-electron chi connectivity index (χ2n) is 3.58. The summed E-state index contributed by atoms with van der Waals surface area (Å²) in [5.41, 5.74) is 6.65. The van der Waals surface area contributed by atoms with Crippen LogP contribution in [0.4, 0.5) is 23.3 Å². The maximum atomic E-state index is 11.0. The summed E-state index contributed by atoms with van der Waals surface area (Å²) in [5, 5.41) is 5.52. The normalized spacial score (nSPS) is 10.0. The monoisotopic (exact) mass is 277 g/mol. The predicted molar refractivity (Wildman–Crippen MR) is 72.1 cm³/mol. The Balaban J connectivity index is 2.20. The number of benzene rings is 1. The van der Waals surface area contributed by atoms with Gasteiger partial charge in [0.2, 0.25) is 23.1 Å². The standard InChI is InChI=1S/C11H10ClN6O/c1-6(19)14-7-3-2-4-8(5-7)15-11-17-9(12)16-10(13)18-11/h2,4-5H,1H3,(H,14,19)(H3,13,15,16,17,18). The second-order valence-corrected chi connectivity index (χ2v) is 3.92. The fourth-order valence-electron chi connectivity index (χ4n) is 1.36. The summed E-state index contributed by atoms with van der Waals surface area (Å²) in [6, 6.07) is 7.94. The zero-order chi connectivity index (χ0) is 13.8. The quantitative estimate of drug-likeness (QED) is 0.787. The van der Waals surface area contributed by atoms with Gasteiger partial charge in [-0.15, -0.1) is 0 Å². The molecule has 0 fully saturated rings. The molecular weight excluding hydrogens is 268 g/mol. The second kappa shape index (κ2) is 5.49. The number of amides is 1. The van der Waals surface area contributed by atoms with Gasteiger partial charge in [0, 0.05) is 18.7 Å². The fourth-order valence-corrected chi connectivity index (χ4v) is 1.52. The first kappa shape index (κ1) is 13.0. The molecule has 0 atom stereocenters. The zero-order valence-corrected chi connectivity index (χ0v) is 10.7. The van der Waals surface area contributed by atoms with Crippen LogP contribution < -0.4 is 16.4 Å². The smallest absolute Gasteiger partial charge is 0.233 e. The summed E-state index contributed by atoms with van der Waals surface area (Å²) in [6.45, 7) is 1.42. The van der Waals surface area contributed by atoms with Gasteiger partial charge in [-0.1, -0.05) is 6.07 Å². The van der Waals surface area contributed by atoms with Crippen molar-refractivity contribution in [2.75, 3.05) is 16.4 Å². The van der Waals surface area contributed by atoms with Crippen LogP contribution in [-0.4, -0.2) is 20.9 Å². The van der Waals surface area contributed by atoms with Crippen molar-refractivity contribution in [1.82, 2.24) is 15.0 Å². The Bertz CT molecular complexity index is 598. The number of nitrogens with one attached hydrogen (secondary N) is 2. The summed E-state index contributed by atoms with van der Waals surface area (Å²) in [6.07, 6.45) is 0. The van der Waals surface area contributed by atoms with E-state index in [1.165, 1.54) is 6.92 Å². The maximum absolute atomic E-state index is 11.0. The van der Waals surface area contributed by atoms with Crippen LogP contribution in [0.2, 0.25) is 5.28 Å². The molecule has 0 saturated heterocycles. The summed E-state index contributed by atoms with van der Waals surface area (Å²) >= 11 is 5.67. The van der Waals surface area contributed by atoms with E-state index < -0.39 is 0 Å². The molecule has 2 rings (SSSR count). The Kier molecular flexibility index (Phi) is 3.76. The number of hydrogen-bond acceptors (Lipinski definition) is 6. The lowest BCUT2D eigenvalue weighted by molar-refractivity contribution is -0.114. The van der Waals surface area contributed by atoms with E-state index >= 15 is 0 Å². The van der Waals surface area contributed by atoms with Gasteiger partial charge in [-0.3, -0.25) is 4.79 Å². The number of halogens is 1. The average molecular weight is 278 g/mol. The third-order valence-electron chi connectivity index (χ3n) is 1.99. The number of hydrogen-bond donors (Lipinski definition) is 3. The first-order valence-electron chi connectivity index (χ1n) is 5.26. The van der Waals surface area contributed by atoms with Gasteiger partial charge in [-0.05, 0) is 23.7 Å². The van der Waals surface area contributed by atoms with Crippen molar-refractivity contribution in [3.05, 3.63) is 29.5 Å². The lowest BCUT2D eigenvalue weighted by Gasteiger charge is -2.07. The molecule has 0 aliphatic heterocycles. The van der Waals surface area contributed by atoms with Crippen LogP contribution in [0.25, 0.3) is 0 Å². The summed E-state index contributed by atoms with van der Waals surface area (Å²) in [4.78, 5) is 22.4. The van der Waals surface area contributed by atoms with Crippen LogP contribution in [0.3, 0.4) is 0 Å². The Labute approximate surface area is 114 Å². The van der Waals surface area contributed by atoms with Crippen LogP contribution in [0.15, 0.2) is 18.2 Å². The fraction of sp³-hybridized carbons (Fsp3) is 0.0909. The SMILES string of the molecule is CC(=O)Nc1[c]ccc(Nc2nc(N)nc(Cl)n2)c1. The van der Waals surface area contributed by atoms with Crippen molar-refractivity contribution >= 4 is 40.8 Å². The van der Waals surface area contributed by atoms with Crippen molar-refractivity contribution in [1.29, 1.82) is 0 Å². The lowest BCUT2D eigenvalue weighted by atomic mass is 10.3. The molecule has 0 unspecified atom stereocenters. The molecule has 4 N–H and O–H groups in total. The highest BCUT2D eigenvalue weighted by atomic mass is 35.5. The van der Waals surface area contributed by atoms with E-state index in [0.717, 1.165) is 0 Å². The number of carbonyl (C=O) groups is 1. The van der Waals surface area contributed by atoms with E-state index in [-0.39, 0.29) is 23.1 Å². The van der Waals surface area contributed by atoms with E-state index in [0.29, 0.717) is 11.4 Å². The molecule has 0 bridgehead atoms. The Morgan fingerprint density at radius 1 is 1.42 bits per heavy atom. The number of nitrogen functional groups attached to an aromatic ring is 1. The highest BCUT2D eigenvalue weighted by Crippen LogP contribution is 2.18. The molecule has 19 heavy (non-hydrogen) atoms. The molecular formula is C11H10ClN6O. The van der Waals surface area contributed by atoms with E-state index in [4.69, 9.17) is 17.3 Å². The number of anilines is 4. The molecule has 1 radical (unpaired) electrons. The van der Waals surface area contributed by atoms with Gasteiger partial charge in [-0.2, -0.15) is 15.0 Å². The molecule has 1 amide bonds. The van der Waals surface area contributed by atoms with Crippen molar-refractivity contribution in [2.45, 2.75) is 6.92 Å². The summed E-state index contributed by atoms with van der Waals surface area (Å²) < 4.78 is 0. The van der Waals surface area contributed by atoms with Gasteiger partial charge in [-0.25, -0.2) is 0 Å². The Morgan fingerprint density at radius 3 is 2.89 bits per heavy atom. The van der Waals surface area contributed by atoms with Gasteiger partial charge in [0.1, 0.15) is 0 Å². The molecule has 2 aromatic rings. The Hall–Kier alpha value is -2.41. The van der Waals surface area contributed by atoms with Crippen LogP contribution in [0, 0.1) is 6.07 Å².